The number of likely N-dealkylation sites (tertiary alicyclic amines) is 1. The number of aliphatic hydroxyl groups excluding tert-OH is 1. The van der Waals surface area contributed by atoms with Gasteiger partial charge >= 0.3 is 0 Å². The minimum atomic E-state index is -1.03. The van der Waals surface area contributed by atoms with Gasteiger partial charge in [-0.15, -0.1) is 0 Å². The molecule has 8 heteroatoms. The predicted octanol–water partition coefficient (Wildman–Crippen LogP) is 1.94. The molecule has 3 saturated heterocycles. The van der Waals surface area contributed by atoms with E-state index in [1.54, 1.807) is 4.90 Å². The maximum Gasteiger partial charge on any atom is 0.246 e. The predicted molar refractivity (Wildman–Crippen MR) is 134 cm³/mol. The molecule has 196 valence electrons. The van der Waals surface area contributed by atoms with Crippen molar-refractivity contribution in [2.45, 2.75) is 94.5 Å². The minimum Gasteiger partial charge on any atom is -0.394 e. The van der Waals surface area contributed by atoms with Crippen molar-refractivity contribution in [1.82, 2.24) is 15.5 Å². The summed E-state index contributed by atoms with van der Waals surface area (Å²) in [6, 6.07) is 8.35. The van der Waals surface area contributed by atoms with Crippen molar-refractivity contribution in [3.05, 3.63) is 35.9 Å². The summed E-state index contributed by atoms with van der Waals surface area (Å²) < 4.78 is 6.50. The number of fused-ring (bicyclic) bond motifs is 1. The molecule has 3 N–H and O–H groups in total. The summed E-state index contributed by atoms with van der Waals surface area (Å²) >= 11 is 0. The van der Waals surface area contributed by atoms with Gasteiger partial charge in [0.1, 0.15) is 11.6 Å². The second kappa shape index (κ2) is 10.5. The average Bonchev–Trinajstić information content (AvgIpc) is 3.54. The number of aliphatic hydroxyl groups is 1. The molecule has 1 aromatic rings. The quantitative estimate of drug-likeness (QED) is 0.483. The van der Waals surface area contributed by atoms with E-state index in [1.807, 2.05) is 37.3 Å². The summed E-state index contributed by atoms with van der Waals surface area (Å²) in [5, 5.41) is 16.6. The Balaban J connectivity index is 1.49. The zero-order chi connectivity index (χ0) is 25.3. The van der Waals surface area contributed by atoms with Crippen molar-refractivity contribution < 1.29 is 24.2 Å². The normalized spacial score (nSPS) is 32.4. The van der Waals surface area contributed by atoms with Gasteiger partial charge in [-0.1, -0.05) is 56.5 Å². The van der Waals surface area contributed by atoms with Crippen molar-refractivity contribution in [2.24, 2.45) is 11.8 Å². The molecule has 0 aromatic heterocycles. The van der Waals surface area contributed by atoms with Gasteiger partial charge in [0.2, 0.25) is 17.7 Å². The first-order valence-corrected chi connectivity index (χ1v) is 13.7. The van der Waals surface area contributed by atoms with Crippen LogP contribution in [-0.2, 0) is 25.5 Å². The van der Waals surface area contributed by atoms with Crippen molar-refractivity contribution in [3.63, 3.8) is 0 Å². The fourth-order valence-electron chi connectivity index (χ4n) is 7.11. The maximum atomic E-state index is 14.1. The van der Waals surface area contributed by atoms with E-state index in [0.717, 1.165) is 37.7 Å². The number of ether oxygens (including phenoxy) is 1. The van der Waals surface area contributed by atoms with Gasteiger partial charge < -0.3 is 25.4 Å². The Kier molecular flexibility index (Phi) is 7.35. The molecule has 0 radical (unpaired) electrons. The Morgan fingerprint density at radius 2 is 1.89 bits per heavy atom. The van der Waals surface area contributed by atoms with Gasteiger partial charge in [-0.2, -0.15) is 0 Å². The lowest BCUT2D eigenvalue weighted by Gasteiger charge is -2.38. The van der Waals surface area contributed by atoms with Crippen LogP contribution in [0.4, 0.5) is 0 Å². The standard InChI is InChI=1S/C28H39N3O5/c1-2-15-29-25(33)22-21-13-14-28(36-21)23(22)27(35)31(20(17-32)16-18-9-5-3-6-10-18)24(28)26(34)30-19-11-7-4-8-12-19/h3,5-6,9-10,19-24,32H,2,4,7-8,11-17H2,1H3,(H,29,33)(H,30,34)/t20-,21+,22-,23+,24?,28?/m1/s1. The van der Waals surface area contributed by atoms with Crippen LogP contribution in [0.3, 0.4) is 0 Å². The molecule has 5 rings (SSSR count). The van der Waals surface area contributed by atoms with E-state index in [9.17, 15) is 19.5 Å². The second-order valence-electron chi connectivity index (χ2n) is 11.0. The largest absolute Gasteiger partial charge is 0.394 e. The van der Waals surface area contributed by atoms with E-state index in [-0.39, 0.29) is 36.5 Å². The van der Waals surface area contributed by atoms with Crippen molar-refractivity contribution in [2.75, 3.05) is 13.2 Å². The van der Waals surface area contributed by atoms with Gasteiger partial charge in [-0.25, -0.2) is 0 Å². The number of amides is 3. The van der Waals surface area contributed by atoms with Crippen LogP contribution >= 0.6 is 0 Å². The van der Waals surface area contributed by atoms with Crippen LogP contribution in [0.1, 0.15) is 63.9 Å². The number of rotatable bonds is 9. The van der Waals surface area contributed by atoms with Crippen molar-refractivity contribution >= 4 is 17.7 Å². The molecular formula is C28H39N3O5. The Bertz CT molecular complexity index is 965. The fraction of sp³-hybridized carbons (Fsp3) is 0.679. The minimum absolute atomic E-state index is 0.0857. The lowest BCUT2D eigenvalue weighted by atomic mass is 9.70. The molecule has 6 atom stereocenters. The third-order valence-corrected chi connectivity index (χ3v) is 8.71. The van der Waals surface area contributed by atoms with Gasteiger partial charge in [-0.05, 0) is 44.1 Å². The highest BCUT2D eigenvalue weighted by Gasteiger charge is 2.75. The van der Waals surface area contributed by atoms with Gasteiger partial charge in [0.05, 0.1) is 30.6 Å². The number of benzene rings is 1. The molecule has 36 heavy (non-hydrogen) atoms. The van der Waals surface area contributed by atoms with E-state index >= 15 is 0 Å². The van der Waals surface area contributed by atoms with Gasteiger partial charge in [0.25, 0.3) is 0 Å². The molecule has 4 aliphatic rings. The van der Waals surface area contributed by atoms with E-state index in [4.69, 9.17) is 4.74 Å². The molecule has 3 aliphatic heterocycles. The molecule has 1 aromatic carbocycles. The van der Waals surface area contributed by atoms with Gasteiger partial charge in [-0.3, -0.25) is 14.4 Å². The lowest BCUT2D eigenvalue weighted by molar-refractivity contribution is -0.146. The summed E-state index contributed by atoms with van der Waals surface area (Å²) in [5.74, 6) is -1.94. The van der Waals surface area contributed by atoms with Crippen LogP contribution < -0.4 is 10.6 Å². The molecule has 3 amide bonds. The zero-order valence-electron chi connectivity index (χ0n) is 21.2. The van der Waals surface area contributed by atoms with Crippen molar-refractivity contribution in [3.8, 4) is 0 Å². The van der Waals surface area contributed by atoms with Crippen LogP contribution in [0.2, 0.25) is 0 Å². The molecule has 8 nitrogen and oxygen atoms in total. The number of nitrogens with zero attached hydrogens (tertiary/aromatic N) is 1. The monoisotopic (exact) mass is 497 g/mol. The Labute approximate surface area is 213 Å². The summed E-state index contributed by atoms with van der Waals surface area (Å²) in [6.07, 6.45) is 7.29. The average molecular weight is 498 g/mol. The highest BCUT2D eigenvalue weighted by atomic mass is 16.5. The number of carbonyl (C=O) groups is 3. The van der Waals surface area contributed by atoms with E-state index in [1.165, 1.54) is 6.42 Å². The number of hydrogen-bond donors (Lipinski definition) is 3. The van der Waals surface area contributed by atoms with Gasteiger partial charge in [0, 0.05) is 12.6 Å². The summed E-state index contributed by atoms with van der Waals surface area (Å²) in [4.78, 5) is 42.9. The molecular weight excluding hydrogens is 458 g/mol. The Morgan fingerprint density at radius 1 is 1.14 bits per heavy atom. The van der Waals surface area contributed by atoms with Crippen LogP contribution in [0.5, 0.6) is 0 Å². The zero-order valence-corrected chi connectivity index (χ0v) is 21.2. The summed E-state index contributed by atoms with van der Waals surface area (Å²) in [7, 11) is 0. The first-order chi connectivity index (χ1) is 17.5. The third kappa shape index (κ3) is 4.32. The van der Waals surface area contributed by atoms with Crippen molar-refractivity contribution in [1.29, 1.82) is 0 Å². The second-order valence-corrected chi connectivity index (χ2v) is 11.0. The van der Waals surface area contributed by atoms with E-state index in [0.29, 0.717) is 25.8 Å². The topological polar surface area (TPSA) is 108 Å². The molecule has 1 spiro atoms. The Hall–Kier alpha value is -2.45. The maximum absolute atomic E-state index is 14.1. The fourth-order valence-corrected chi connectivity index (χ4v) is 7.11. The molecule has 1 aliphatic carbocycles. The smallest absolute Gasteiger partial charge is 0.246 e. The number of hydrogen-bond acceptors (Lipinski definition) is 5. The highest BCUT2D eigenvalue weighted by Crippen LogP contribution is 2.58. The van der Waals surface area contributed by atoms with Crippen LogP contribution in [0.15, 0.2) is 30.3 Å². The van der Waals surface area contributed by atoms with Gasteiger partial charge in [0.15, 0.2) is 0 Å². The first-order valence-electron chi connectivity index (χ1n) is 13.7. The third-order valence-electron chi connectivity index (χ3n) is 8.71. The lowest BCUT2D eigenvalue weighted by Crippen LogP contribution is -2.59. The van der Waals surface area contributed by atoms with Crippen LogP contribution in [0, 0.1) is 11.8 Å². The summed E-state index contributed by atoms with van der Waals surface area (Å²) in [6.45, 7) is 2.26. The molecule has 2 bridgehead atoms. The van der Waals surface area contributed by atoms with Crippen LogP contribution in [-0.4, -0.2) is 70.7 Å². The number of carbonyl (C=O) groups excluding carboxylic acids is 3. The molecule has 2 unspecified atom stereocenters. The first kappa shape index (κ1) is 25.2. The highest BCUT2D eigenvalue weighted by molar-refractivity contribution is 5.99. The molecule has 3 heterocycles. The molecule has 4 fully saturated rings. The number of nitrogens with one attached hydrogen (secondary N) is 2. The van der Waals surface area contributed by atoms with Crippen LogP contribution in [0.25, 0.3) is 0 Å². The molecule has 1 saturated carbocycles. The summed E-state index contributed by atoms with van der Waals surface area (Å²) in [5.41, 5.74) is -0.0495. The van der Waals surface area contributed by atoms with E-state index in [2.05, 4.69) is 10.6 Å². The Morgan fingerprint density at radius 3 is 2.58 bits per heavy atom. The SMILES string of the molecule is CCCNC(=O)[C@@H]1[C@@H]2CCC3(O2)C(C(=O)NC2CCCCC2)N([C@@H](CO)Cc2ccccc2)C(=O)[C@H]13. The van der Waals surface area contributed by atoms with E-state index < -0.39 is 29.5 Å².